The molecule has 0 aliphatic carbocycles. The molecule has 0 spiro atoms. The summed E-state index contributed by atoms with van der Waals surface area (Å²) >= 11 is 1.75. The van der Waals surface area contributed by atoms with Crippen LogP contribution in [0.3, 0.4) is 0 Å². The average molecular weight is 350 g/mol. The van der Waals surface area contributed by atoms with Gasteiger partial charge in [0.15, 0.2) is 0 Å². The van der Waals surface area contributed by atoms with E-state index in [0.717, 1.165) is 48.9 Å². The Kier molecular flexibility index (Phi) is 4.26. The highest BCUT2D eigenvalue weighted by Gasteiger charge is 2.20. The van der Waals surface area contributed by atoms with Gasteiger partial charge in [0.05, 0.1) is 28.0 Å². The van der Waals surface area contributed by atoms with E-state index in [1.54, 1.807) is 29.5 Å². The summed E-state index contributed by atoms with van der Waals surface area (Å²) in [4.78, 5) is 9.28. The van der Waals surface area contributed by atoms with Crippen LogP contribution in [0.1, 0.15) is 10.6 Å². The number of aromatic nitrogens is 1. The van der Waals surface area contributed by atoms with E-state index >= 15 is 0 Å². The molecule has 3 aromatic rings. The van der Waals surface area contributed by atoms with E-state index in [1.165, 1.54) is 4.70 Å². The van der Waals surface area contributed by atoms with Crippen molar-refractivity contribution in [2.75, 3.05) is 31.1 Å². The number of fused-ring (bicyclic) bond motifs is 1. The summed E-state index contributed by atoms with van der Waals surface area (Å²) in [6.07, 6.45) is 0. The van der Waals surface area contributed by atoms with Crippen LogP contribution < -0.4 is 4.90 Å². The minimum atomic E-state index is 0.200. The van der Waals surface area contributed by atoms with Crippen molar-refractivity contribution in [1.82, 2.24) is 9.88 Å². The van der Waals surface area contributed by atoms with Crippen molar-refractivity contribution in [3.05, 3.63) is 53.0 Å². The average Bonchev–Trinajstić information content (AvgIpc) is 3.04. The quantitative estimate of drug-likeness (QED) is 0.786. The van der Waals surface area contributed by atoms with E-state index in [0.29, 0.717) is 5.56 Å². The molecule has 0 saturated carbocycles. The molecule has 0 bridgehead atoms. The van der Waals surface area contributed by atoms with Crippen molar-refractivity contribution < 1.29 is 5.11 Å². The lowest BCUT2D eigenvalue weighted by Gasteiger charge is -2.36. The second-order valence-electron chi connectivity index (χ2n) is 6.15. The molecule has 126 valence electrons. The van der Waals surface area contributed by atoms with Gasteiger partial charge < -0.3 is 10.0 Å². The van der Waals surface area contributed by atoms with E-state index in [-0.39, 0.29) is 5.75 Å². The second kappa shape index (κ2) is 6.71. The Morgan fingerprint density at radius 3 is 2.68 bits per heavy atom. The zero-order valence-electron chi connectivity index (χ0n) is 13.7. The smallest absolute Gasteiger partial charge is 0.117 e. The SMILES string of the molecule is N#Cc1ccc(O)cc1N1CCN(Cc2nc3ccccc3s2)CC1. The Labute approximate surface area is 150 Å². The molecule has 6 heteroatoms. The fourth-order valence-corrected chi connectivity index (χ4v) is 4.21. The lowest BCUT2D eigenvalue weighted by molar-refractivity contribution is 0.249. The topological polar surface area (TPSA) is 63.4 Å². The van der Waals surface area contributed by atoms with E-state index in [4.69, 9.17) is 4.98 Å². The number of hydrogen-bond donors (Lipinski definition) is 1. The highest BCUT2D eigenvalue weighted by molar-refractivity contribution is 7.18. The largest absolute Gasteiger partial charge is 0.508 e. The standard InChI is InChI=1S/C19H18N4OS/c20-12-14-5-6-15(24)11-17(14)23-9-7-22(8-10-23)13-19-21-16-3-1-2-4-18(16)25-19/h1-6,11,24H,7-10,13H2. The normalized spacial score (nSPS) is 15.4. The molecule has 5 nitrogen and oxygen atoms in total. The minimum Gasteiger partial charge on any atom is -0.508 e. The third-order valence-electron chi connectivity index (χ3n) is 4.51. The van der Waals surface area contributed by atoms with Crippen LogP contribution in [0, 0.1) is 11.3 Å². The molecule has 2 aromatic carbocycles. The number of nitrogens with zero attached hydrogens (tertiary/aromatic N) is 4. The summed E-state index contributed by atoms with van der Waals surface area (Å²) in [5.74, 6) is 0.200. The number of thiazole rings is 1. The molecule has 1 aliphatic rings. The van der Waals surface area contributed by atoms with Crippen molar-refractivity contribution in [3.63, 3.8) is 0 Å². The fraction of sp³-hybridized carbons (Fsp3) is 0.263. The van der Waals surface area contributed by atoms with Crippen LogP contribution in [0.15, 0.2) is 42.5 Å². The maximum atomic E-state index is 9.73. The molecule has 0 atom stereocenters. The Morgan fingerprint density at radius 2 is 1.92 bits per heavy atom. The molecule has 0 radical (unpaired) electrons. The van der Waals surface area contributed by atoms with Crippen LogP contribution in [0.2, 0.25) is 0 Å². The first kappa shape index (κ1) is 15.9. The molecule has 1 N–H and O–H groups in total. The van der Waals surface area contributed by atoms with Crippen molar-refractivity contribution in [2.45, 2.75) is 6.54 Å². The molecular formula is C19H18N4OS. The minimum absolute atomic E-state index is 0.200. The summed E-state index contributed by atoms with van der Waals surface area (Å²) < 4.78 is 1.23. The Bertz CT molecular complexity index is 905. The molecule has 1 aromatic heterocycles. The fourth-order valence-electron chi connectivity index (χ4n) is 3.20. The van der Waals surface area contributed by atoms with Crippen molar-refractivity contribution in [3.8, 4) is 11.8 Å². The number of para-hydroxylation sites is 1. The van der Waals surface area contributed by atoms with Crippen LogP contribution in [0.5, 0.6) is 5.75 Å². The summed E-state index contributed by atoms with van der Waals surface area (Å²) in [5, 5.41) is 20.1. The van der Waals surface area contributed by atoms with Gasteiger partial charge in [0, 0.05) is 32.2 Å². The molecular weight excluding hydrogens is 332 g/mol. The Balaban J connectivity index is 1.43. The molecule has 0 amide bonds. The first-order chi connectivity index (χ1) is 12.2. The zero-order chi connectivity index (χ0) is 17.2. The highest BCUT2D eigenvalue weighted by atomic mass is 32.1. The number of phenolic OH excluding ortho intramolecular Hbond substituents is 1. The van der Waals surface area contributed by atoms with Gasteiger partial charge in [-0.1, -0.05) is 12.1 Å². The highest BCUT2D eigenvalue weighted by Crippen LogP contribution is 2.27. The van der Waals surface area contributed by atoms with Crippen LogP contribution in [-0.4, -0.2) is 41.2 Å². The van der Waals surface area contributed by atoms with Crippen molar-refractivity contribution in [1.29, 1.82) is 5.26 Å². The Morgan fingerprint density at radius 1 is 1.12 bits per heavy atom. The monoisotopic (exact) mass is 350 g/mol. The predicted octanol–water partition coefficient (Wildman–Crippen LogP) is 3.20. The molecule has 1 aliphatic heterocycles. The number of piperazine rings is 1. The van der Waals surface area contributed by atoms with Gasteiger partial charge >= 0.3 is 0 Å². The lowest BCUT2D eigenvalue weighted by Crippen LogP contribution is -2.46. The van der Waals surface area contributed by atoms with Gasteiger partial charge in [-0.15, -0.1) is 11.3 Å². The van der Waals surface area contributed by atoms with E-state index in [1.807, 2.05) is 12.1 Å². The van der Waals surface area contributed by atoms with Gasteiger partial charge in [-0.2, -0.15) is 5.26 Å². The number of aromatic hydroxyl groups is 1. The maximum absolute atomic E-state index is 9.73. The van der Waals surface area contributed by atoms with Gasteiger partial charge in [0.2, 0.25) is 0 Å². The van der Waals surface area contributed by atoms with Gasteiger partial charge in [0.1, 0.15) is 16.8 Å². The van der Waals surface area contributed by atoms with Crippen molar-refractivity contribution >= 4 is 27.2 Å². The molecule has 1 fully saturated rings. The first-order valence-corrected chi connectivity index (χ1v) is 9.09. The summed E-state index contributed by atoms with van der Waals surface area (Å²) in [7, 11) is 0. The van der Waals surface area contributed by atoms with Gasteiger partial charge in [-0.05, 0) is 24.3 Å². The van der Waals surface area contributed by atoms with Gasteiger partial charge in [-0.25, -0.2) is 4.98 Å². The number of nitriles is 1. The number of hydrogen-bond acceptors (Lipinski definition) is 6. The number of rotatable bonds is 3. The Hall–Kier alpha value is -2.62. The maximum Gasteiger partial charge on any atom is 0.117 e. The third-order valence-corrected chi connectivity index (χ3v) is 5.53. The number of anilines is 1. The molecule has 1 saturated heterocycles. The molecule has 2 heterocycles. The van der Waals surface area contributed by atoms with Crippen molar-refractivity contribution in [2.24, 2.45) is 0 Å². The summed E-state index contributed by atoms with van der Waals surface area (Å²) in [5.41, 5.74) is 2.50. The third kappa shape index (κ3) is 3.29. The van der Waals surface area contributed by atoms with Gasteiger partial charge in [0.25, 0.3) is 0 Å². The zero-order valence-corrected chi connectivity index (χ0v) is 14.5. The van der Waals surface area contributed by atoms with Crippen LogP contribution >= 0.6 is 11.3 Å². The number of phenols is 1. The van der Waals surface area contributed by atoms with E-state index in [2.05, 4.69) is 28.0 Å². The molecule has 25 heavy (non-hydrogen) atoms. The van der Waals surface area contributed by atoms with E-state index in [9.17, 15) is 10.4 Å². The molecule has 4 rings (SSSR count). The van der Waals surface area contributed by atoms with Crippen LogP contribution in [0.25, 0.3) is 10.2 Å². The summed E-state index contributed by atoms with van der Waals surface area (Å²) in [6, 6.07) is 15.4. The number of benzene rings is 2. The predicted molar refractivity (Wildman–Crippen MR) is 99.9 cm³/mol. The lowest BCUT2D eigenvalue weighted by atomic mass is 10.1. The second-order valence-corrected chi connectivity index (χ2v) is 7.27. The van der Waals surface area contributed by atoms with Gasteiger partial charge in [-0.3, -0.25) is 4.90 Å². The summed E-state index contributed by atoms with van der Waals surface area (Å²) in [6.45, 7) is 4.36. The van der Waals surface area contributed by atoms with Crippen LogP contribution in [-0.2, 0) is 6.54 Å². The molecule has 0 unspecified atom stereocenters. The van der Waals surface area contributed by atoms with E-state index < -0.39 is 0 Å². The van der Waals surface area contributed by atoms with Crippen LogP contribution in [0.4, 0.5) is 5.69 Å². The first-order valence-electron chi connectivity index (χ1n) is 8.28.